The first kappa shape index (κ1) is 8.47. The zero-order valence-electron chi connectivity index (χ0n) is 4.66. The Bertz CT molecular complexity index is 82.1. The molecule has 0 N–H and O–H groups in total. The highest BCUT2D eigenvalue weighted by atomic mass is 35.6. The van der Waals surface area contributed by atoms with Gasteiger partial charge in [-0.25, -0.2) is 0 Å². The second-order valence-electron chi connectivity index (χ2n) is 1.56. The summed E-state index contributed by atoms with van der Waals surface area (Å²) in [6.07, 6.45) is 0.790. The lowest BCUT2D eigenvalue weighted by Gasteiger charge is -2.00. The molecule has 0 aromatic heterocycles. The van der Waals surface area contributed by atoms with Crippen molar-refractivity contribution >= 4 is 36.8 Å². The van der Waals surface area contributed by atoms with Gasteiger partial charge in [-0.1, -0.05) is 6.92 Å². The van der Waals surface area contributed by atoms with Crippen LogP contribution in [0.25, 0.3) is 0 Å². The molecule has 0 fully saturated rings. The van der Waals surface area contributed by atoms with Crippen LogP contribution in [0.3, 0.4) is 0 Å². The molecule has 0 aliphatic carbocycles. The van der Waals surface area contributed by atoms with Gasteiger partial charge >= 0.3 is 0 Å². The first-order valence-electron chi connectivity index (χ1n) is 2.47. The topological polar surface area (TPSA) is 17.1 Å². The Kier molecular flexibility index (Phi) is 4.61. The SMILES string of the molecule is CCC([SiH2]Cl)C(=O)Cl. The molecule has 0 spiro atoms. The van der Waals surface area contributed by atoms with Crippen LogP contribution in [0.1, 0.15) is 13.3 Å². The predicted octanol–water partition coefficient (Wildman–Crippen LogP) is 1.27. The summed E-state index contributed by atoms with van der Waals surface area (Å²) in [5.41, 5.74) is -0.0154. The molecule has 0 aliphatic heterocycles. The summed E-state index contributed by atoms with van der Waals surface area (Å²) >= 11 is 10.7. The second kappa shape index (κ2) is 4.36. The van der Waals surface area contributed by atoms with Crippen LogP contribution in [0, 0.1) is 0 Å². The highest BCUT2D eigenvalue weighted by Gasteiger charge is 2.11. The fraction of sp³-hybridized carbons (Fsp3) is 0.750. The lowest BCUT2D eigenvalue weighted by Crippen LogP contribution is -2.03. The summed E-state index contributed by atoms with van der Waals surface area (Å²) in [5, 5.41) is -0.269. The Labute approximate surface area is 60.9 Å². The van der Waals surface area contributed by atoms with Crippen molar-refractivity contribution in [1.29, 1.82) is 0 Å². The predicted molar refractivity (Wildman–Crippen MR) is 39.3 cm³/mol. The Balaban J connectivity index is 3.52. The van der Waals surface area contributed by atoms with E-state index in [2.05, 4.69) is 0 Å². The van der Waals surface area contributed by atoms with E-state index in [1.807, 2.05) is 6.92 Å². The minimum absolute atomic E-state index is 0.0154. The van der Waals surface area contributed by atoms with E-state index in [1.165, 1.54) is 0 Å². The summed E-state index contributed by atoms with van der Waals surface area (Å²) in [5.74, 6) is 0. The summed E-state index contributed by atoms with van der Waals surface area (Å²) in [6, 6.07) is 0. The van der Waals surface area contributed by atoms with Crippen LogP contribution in [-0.4, -0.2) is 14.1 Å². The van der Waals surface area contributed by atoms with Crippen LogP contribution in [0.4, 0.5) is 0 Å². The van der Waals surface area contributed by atoms with E-state index in [0.717, 1.165) is 6.42 Å². The maximum atomic E-state index is 10.3. The van der Waals surface area contributed by atoms with Crippen LogP contribution in [-0.2, 0) is 4.79 Å². The average molecular weight is 171 g/mol. The van der Waals surface area contributed by atoms with Crippen molar-refractivity contribution in [3.05, 3.63) is 0 Å². The minimum Gasteiger partial charge on any atom is -0.281 e. The van der Waals surface area contributed by atoms with Crippen LogP contribution >= 0.6 is 22.7 Å². The van der Waals surface area contributed by atoms with Crippen molar-refractivity contribution in [1.82, 2.24) is 0 Å². The van der Waals surface area contributed by atoms with Crippen molar-refractivity contribution < 1.29 is 4.79 Å². The number of rotatable bonds is 3. The lowest BCUT2D eigenvalue weighted by atomic mass is 10.4. The average Bonchev–Trinajstić information content (AvgIpc) is 1.69. The molecule has 4 heteroatoms. The molecule has 0 saturated heterocycles. The number of carbonyl (C=O) groups excluding carboxylic acids is 1. The monoisotopic (exact) mass is 170 g/mol. The maximum absolute atomic E-state index is 10.3. The van der Waals surface area contributed by atoms with Crippen LogP contribution in [0.15, 0.2) is 0 Å². The molecule has 0 heterocycles. The van der Waals surface area contributed by atoms with Gasteiger partial charge in [0, 0.05) is 5.54 Å². The maximum Gasteiger partial charge on any atom is 0.222 e. The van der Waals surface area contributed by atoms with Gasteiger partial charge < -0.3 is 0 Å². The smallest absolute Gasteiger partial charge is 0.222 e. The third kappa shape index (κ3) is 2.70. The third-order valence-electron chi connectivity index (χ3n) is 1.00. The van der Waals surface area contributed by atoms with Crippen LogP contribution in [0.2, 0.25) is 5.54 Å². The van der Waals surface area contributed by atoms with E-state index in [9.17, 15) is 4.79 Å². The molecule has 0 radical (unpaired) electrons. The summed E-state index contributed by atoms with van der Waals surface area (Å²) in [7, 11) is -0.729. The van der Waals surface area contributed by atoms with Crippen molar-refractivity contribution in [3.8, 4) is 0 Å². The Morgan fingerprint density at radius 3 is 2.38 bits per heavy atom. The molecule has 1 atom stereocenters. The van der Waals surface area contributed by atoms with E-state index in [4.69, 9.17) is 22.7 Å². The van der Waals surface area contributed by atoms with Gasteiger partial charge in [-0.3, -0.25) is 4.79 Å². The van der Waals surface area contributed by atoms with Gasteiger partial charge in [0.2, 0.25) is 5.24 Å². The molecule has 0 aliphatic rings. The molecule has 0 aromatic rings. The van der Waals surface area contributed by atoms with Crippen molar-refractivity contribution in [2.75, 3.05) is 0 Å². The molecule has 0 saturated carbocycles. The number of carbonyl (C=O) groups is 1. The van der Waals surface area contributed by atoms with Crippen molar-refractivity contribution in [2.24, 2.45) is 0 Å². The van der Waals surface area contributed by atoms with Gasteiger partial charge in [0.25, 0.3) is 0 Å². The standard InChI is InChI=1S/C4H8Cl2OSi/c1-2-3(8-6)4(5)7/h3H,2,8H2,1H3. The first-order chi connectivity index (χ1) is 3.72. The van der Waals surface area contributed by atoms with E-state index in [1.54, 1.807) is 0 Å². The van der Waals surface area contributed by atoms with Gasteiger partial charge in [0.15, 0.2) is 0 Å². The molecule has 0 bridgehead atoms. The quantitative estimate of drug-likeness (QED) is 0.355. The molecule has 0 rings (SSSR count). The highest BCUT2D eigenvalue weighted by molar-refractivity contribution is 6.98. The molecular formula is C4H8Cl2OSi. The zero-order chi connectivity index (χ0) is 6.57. The number of halogens is 2. The minimum atomic E-state index is -0.729. The van der Waals surface area contributed by atoms with Gasteiger partial charge in [-0.15, -0.1) is 0 Å². The third-order valence-corrected chi connectivity index (χ3v) is 4.01. The normalized spacial score (nSPS) is 14.9. The van der Waals surface area contributed by atoms with Crippen molar-refractivity contribution in [2.45, 2.75) is 18.9 Å². The van der Waals surface area contributed by atoms with Gasteiger partial charge in [-0.05, 0) is 18.0 Å². The molecule has 1 nitrogen and oxygen atoms in total. The van der Waals surface area contributed by atoms with E-state index in [-0.39, 0.29) is 10.8 Å². The zero-order valence-corrected chi connectivity index (χ0v) is 7.58. The second-order valence-corrected chi connectivity index (χ2v) is 4.16. The fourth-order valence-electron chi connectivity index (χ4n) is 0.330. The van der Waals surface area contributed by atoms with Gasteiger partial charge in [-0.2, -0.15) is 11.1 Å². The molecule has 8 heavy (non-hydrogen) atoms. The van der Waals surface area contributed by atoms with Gasteiger partial charge in [0.1, 0.15) is 8.83 Å². The number of hydrogen-bond donors (Lipinski definition) is 0. The summed E-state index contributed by atoms with van der Waals surface area (Å²) in [4.78, 5) is 10.3. The summed E-state index contributed by atoms with van der Waals surface area (Å²) < 4.78 is 0. The molecule has 0 amide bonds. The molecule has 0 aromatic carbocycles. The number of hydrogen-bond acceptors (Lipinski definition) is 1. The Hall–Kier alpha value is 0.467. The van der Waals surface area contributed by atoms with E-state index < -0.39 is 8.83 Å². The highest BCUT2D eigenvalue weighted by Crippen LogP contribution is 2.13. The first-order valence-corrected chi connectivity index (χ1v) is 5.81. The largest absolute Gasteiger partial charge is 0.281 e. The Morgan fingerprint density at radius 1 is 1.88 bits per heavy atom. The van der Waals surface area contributed by atoms with Crippen LogP contribution < -0.4 is 0 Å². The van der Waals surface area contributed by atoms with Gasteiger partial charge in [0.05, 0.1) is 0 Å². The van der Waals surface area contributed by atoms with Crippen molar-refractivity contribution in [3.63, 3.8) is 0 Å². The molecule has 48 valence electrons. The summed E-state index contributed by atoms with van der Waals surface area (Å²) in [6.45, 7) is 1.92. The Morgan fingerprint density at radius 2 is 2.38 bits per heavy atom. The lowest BCUT2D eigenvalue weighted by molar-refractivity contribution is -0.111. The van der Waals surface area contributed by atoms with E-state index in [0.29, 0.717) is 0 Å². The molecule has 1 unspecified atom stereocenters. The fourth-order valence-corrected chi connectivity index (χ4v) is 2.37. The van der Waals surface area contributed by atoms with Crippen LogP contribution in [0.5, 0.6) is 0 Å². The molecular weight excluding hydrogens is 163 g/mol. The van der Waals surface area contributed by atoms with E-state index >= 15 is 0 Å².